The largest absolute Gasteiger partial charge is 0.360 e. The van der Waals surface area contributed by atoms with Gasteiger partial charge < -0.3 is 9.94 Å². The lowest BCUT2D eigenvalue weighted by Crippen LogP contribution is -2.42. The first-order chi connectivity index (χ1) is 4.38. The Morgan fingerprint density at radius 3 is 2.00 bits per heavy atom. The predicted molar refractivity (Wildman–Crippen MR) is 38.6 cm³/mol. The van der Waals surface area contributed by atoms with Crippen LogP contribution in [-0.4, -0.2) is 16.6 Å². The summed E-state index contributed by atoms with van der Waals surface area (Å²) in [7, 11) is 0. The first kappa shape index (κ1) is 7.54. The molecule has 0 radical (unpaired) electrons. The molecule has 58 valence electrons. The molecular weight excluding hydrogens is 130 g/mol. The number of hydrogen-bond acceptors (Lipinski definition) is 3. The Hall–Kier alpha value is -0.570. The number of rotatable bonds is 0. The lowest BCUT2D eigenvalue weighted by molar-refractivity contribution is -0.215. The molecule has 3 nitrogen and oxygen atoms in total. The summed E-state index contributed by atoms with van der Waals surface area (Å²) < 4.78 is 0. The molecule has 0 fully saturated rings. The van der Waals surface area contributed by atoms with Gasteiger partial charge in [0.25, 0.3) is 0 Å². The van der Waals surface area contributed by atoms with Crippen LogP contribution in [0.15, 0.2) is 5.16 Å². The van der Waals surface area contributed by atoms with E-state index in [0.29, 0.717) is 0 Å². The maximum absolute atomic E-state index is 9.56. The van der Waals surface area contributed by atoms with Crippen molar-refractivity contribution in [1.82, 2.24) is 0 Å². The van der Waals surface area contributed by atoms with E-state index < -0.39 is 5.79 Å². The zero-order valence-corrected chi connectivity index (χ0v) is 6.80. The molecule has 1 rings (SSSR count). The maximum Gasteiger partial charge on any atom is 0.242 e. The highest BCUT2D eigenvalue weighted by atomic mass is 16.7. The molecule has 10 heavy (non-hydrogen) atoms. The first-order valence-corrected chi connectivity index (χ1v) is 3.33. The molecule has 1 aliphatic rings. The van der Waals surface area contributed by atoms with Crippen LogP contribution < -0.4 is 0 Å². The summed E-state index contributed by atoms with van der Waals surface area (Å²) in [5.74, 6) is -1.14. The number of hydrogen-bond donors (Lipinski definition) is 1. The smallest absolute Gasteiger partial charge is 0.242 e. The molecule has 0 aromatic carbocycles. The van der Waals surface area contributed by atoms with Gasteiger partial charge in [0.2, 0.25) is 5.79 Å². The Kier molecular flexibility index (Phi) is 1.30. The quantitative estimate of drug-likeness (QED) is 0.552. The van der Waals surface area contributed by atoms with Crippen LogP contribution in [0.3, 0.4) is 0 Å². The van der Waals surface area contributed by atoms with E-state index in [2.05, 4.69) is 5.16 Å². The van der Waals surface area contributed by atoms with Crippen LogP contribution in [0.25, 0.3) is 0 Å². The van der Waals surface area contributed by atoms with Crippen LogP contribution in [0.5, 0.6) is 0 Å². The molecule has 3 heteroatoms. The normalized spacial score (nSPS) is 37.1. The van der Waals surface area contributed by atoms with E-state index in [1.54, 1.807) is 6.92 Å². The minimum Gasteiger partial charge on any atom is -0.360 e. The zero-order chi connectivity index (χ0) is 7.99. The molecule has 0 aromatic heterocycles. The first-order valence-electron chi connectivity index (χ1n) is 3.33. The fourth-order valence-electron chi connectivity index (χ4n) is 0.721. The van der Waals surface area contributed by atoms with E-state index >= 15 is 0 Å². The van der Waals surface area contributed by atoms with Crippen molar-refractivity contribution < 1.29 is 9.94 Å². The summed E-state index contributed by atoms with van der Waals surface area (Å²) >= 11 is 0. The predicted octanol–water partition coefficient (Wildman–Crippen LogP) is 1.13. The summed E-state index contributed by atoms with van der Waals surface area (Å²) in [4.78, 5) is 4.81. The van der Waals surface area contributed by atoms with Crippen molar-refractivity contribution in [3.8, 4) is 0 Å². The second-order valence-corrected chi connectivity index (χ2v) is 3.38. The number of oxime groups is 1. The van der Waals surface area contributed by atoms with Gasteiger partial charge in [0, 0.05) is 6.92 Å². The monoisotopic (exact) mass is 143 g/mol. The third-order valence-electron chi connectivity index (χ3n) is 2.42. The van der Waals surface area contributed by atoms with Crippen molar-refractivity contribution in [3.05, 3.63) is 0 Å². The van der Waals surface area contributed by atoms with Gasteiger partial charge >= 0.3 is 0 Å². The Morgan fingerprint density at radius 1 is 1.40 bits per heavy atom. The topological polar surface area (TPSA) is 41.8 Å². The van der Waals surface area contributed by atoms with Crippen LogP contribution in [0.4, 0.5) is 0 Å². The van der Waals surface area contributed by atoms with Gasteiger partial charge in [-0.25, -0.2) is 0 Å². The molecule has 1 heterocycles. The Bertz CT molecular complexity index is 182. The van der Waals surface area contributed by atoms with Crippen molar-refractivity contribution in [2.45, 2.75) is 33.5 Å². The lowest BCUT2D eigenvalue weighted by atomic mass is 9.81. The highest BCUT2D eigenvalue weighted by Crippen LogP contribution is 2.38. The van der Waals surface area contributed by atoms with E-state index in [1.165, 1.54) is 0 Å². The van der Waals surface area contributed by atoms with E-state index in [-0.39, 0.29) is 5.41 Å². The molecule has 1 N–H and O–H groups in total. The molecule has 1 unspecified atom stereocenters. The zero-order valence-electron chi connectivity index (χ0n) is 6.80. The summed E-state index contributed by atoms with van der Waals surface area (Å²) in [6, 6.07) is 0. The van der Waals surface area contributed by atoms with Gasteiger partial charge in [-0.1, -0.05) is 5.16 Å². The molecule has 0 saturated heterocycles. The van der Waals surface area contributed by atoms with Crippen LogP contribution in [0.2, 0.25) is 0 Å². The van der Waals surface area contributed by atoms with Gasteiger partial charge in [0.05, 0.1) is 11.1 Å². The summed E-state index contributed by atoms with van der Waals surface area (Å²) in [6.07, 6.45) is 0. The average molecular weight is 143 g/mol. The SMILES string of the molecule is CC1=NOC(C)(O)C1(C)C. The number of aliphatic hydroxyl groups is 1. The third-order valence-corrected chi connectivity index (χ3v) is 2.42. The van der Waals surface area contributed by atoms with Gasteiger partial charge in [0.1, 0.15) is 0 Å². The lowest BCUT2D eigenvalue weighted by Gasteiger charge is -2.29. The highest BCUT2D eigenvalue weighted by Gasteiger charge is 2.49. The molecule has 0 aromatic rings. The minimum absolute atomic E-state index is 0.368. The van der Waals surface area contributed by atoms with Crippen molar-refractivity contribution in [3.63, 3.8) is 0 Å². The molecule has 1 aliphatic heterocycles. The van der Waals surface area contributed by atoms with E-state index in [0.717, 1.165) is 5.71 Å². The third kappa shape index (κ3) is 0.736. The van der Waals surface area contributed by atoms with Crippen LogP contribution in [0, 0.1) is 5.41 Å². The molecule has 0 aliphatic carbocycles. The fraction of sp³-hybridized carbons (Fsp3) is 0.857. The maximum atomic E-state index is 9.56. The molecular formula is C7H13NO2. The van der Waals surface area contributed by atoms with Crippen molar-refractivity contribution in [2.24, 2.45) is 10.6 Å². The highest BCUT2D eigenvalue weighted by molar-refractivity contribution is 5.88. The fourth-order valence-corrected chi connectivity index (χ4v) is 0.721. The van der Waals surface area contributed by atoms with E-state index in [4.69, 9.17) is 4.84 Å². The Morgan fingerprint density at radius 2 is 1.90 bits per heavy atom. The average Bonchev–Trinajstić information content (AvgIpc) is 1.94. The van der Waals surface area contributed by atoms with Crippen molar-refractivity contribution in [2.75, 3.05) is 0 Å². The second-order valence-electron chi connectivity index (χ2n) is 3.38. The van der Waals surface area contributed by atoms with Crippen LogP contribution in [-0.2, 0) is 4.84 Å². The summed E-state index contributed by atoms with van der Waals surface area (Å²) in [5.41, 5.74) is 0.463. The molecule has 1 atom stereocenters. The minimum atomic E-state index is -1.14. The van der Waals surface area contributed by atoms with Crippen molar-refractivity contribution in [1.29, 1.82) is 0 Å². The molecule has 0 saturated carbocycles. The second kappa shape index (κ2) is 1.72. The van der Waals surface area contributed by atoms with Gasteiger partial charge in [-0.15, -0.1) is 0 Å². The van der Waals surface area contributed by atoms with Crippen molar-refractivity contribution >= 4 is 5.71 Å². The van der Waals surface area contributed by atoms with Gasteiger partial charge in [-0.2, -0.15) is 0 Å². The Balaban J connectivity index is 2.96. The van der Waals surface area contributed by atoms with Crippen LogP contribution in [0.1, 0.15) is 27.7 Å². The molecule has 0 amide bonds. The molecule has 0 spiro atoms. The van der Waals surface area contributed by atoms with Gasteiger partial charge in [-0.05, 0) is 20.8 Å². The van der Waals surface area contributed by atoms with E-state index in [1.807, 2.05) is 20.8 Å². The summed E-state index contributed by atoms with van der Waals surface area (Å²) in [5, 5.41) is 13.3. The van der Waals surface area contributed by atoms with E-state index in [9.17, 15) is 5.11 Å². The van der Waals surface area contributed by atoms with Gasteiger partial charge in [-0.3, -0.25) is 0 Å². The number of nitrogens with zero attached hydrogens (tertiary/aromatic N) is 1. The Labute approximate surface area is 60.7 Å². The standard InChI is InChI=1S/C7H13NO2/c1-5-6(2,3)7(4,9)10-8-5/h9H,1-4H3. The molecule has 0 bridgehead atoms. The summed E-state index contributed by atoms with van der Waals surface area (Å²) in [6.45, 7) is 7.27. The van der Waals surface area contributed by atoms with Gasteiger partial charge in [0.15, 0.2) is 0 Å². The van der Waals surface area contributed by atoms with Crippen LogP contribution >= 0.6 is 0 Å².